The van der Waals surface area contributed by atoms with Gasteiger partial charge in [0.2, 0.25) is 0 Å². The summed E-state index contributed by atoms with van der Waals surface area (Å²) >= 11 is 0. The Bertz CT molecular complexity index is 122. The molecule has 0 rings (SSSR count). The molecule has 0 aliphatic rings. The van der Waals surface area contributed by atoms with Crippen molar-refractivity contribution >= 4 is 0 Å². The summed E-state index contributed by atoms with van der Waals surface area (Å²) in [5.74, 6) is 0. The molecule has 72 valence electrons. The molecule has 0 aromatic carbocycles. The predicted octanol–water partition coefficient (Wildman–Crippen LogP) is 2.39. The summed E-state index contributed by atoms with van der Waals surface area (Å²) in [6.07, 6.45) is 3.96. The highest BCUT2D eigenvalue weighted by atomic mass is 16.5. The maximum atomic E-state index is 5.46. The second-order valence-electron chi connectivity index (χ2n) is 3.60. The maximum Gasteiger partial charge on any atom is 0.0707 e. The van der Waals surface area contributed by atoms with Crippen molar-refractivity contribution in [1.82, 2.24) is 0 Å². The first-order valence-electron chi connectivity index (χ1n) is 4.39. The van der Waals surface area contributed by atoms with Crippen LogP contribution in [0, 0.1) is 0 Å². The third-order valence-corrected chi connectivity index (χ3v) is 1.21. The molecule has 0 aliphatic heterocycles. The number of allylic oxidation sites excluding steroid dienone is 1. The van der Waals surface area contributed by atoms with Gasteiger partial charge >= 0.3 is 0 Å². The lowest BCUT2D eigenvalue weighted by atomic mass is 10.2. The fourth-order valence-electron chi connectivity index (χ4n) is 0.654. The zero-order valence-electron chi connectivity index (χ0n) is 8.59. The minimum absolute atomic E-state index is 0.0516. The monoisotopic (exact) mass is 172 g/mol. The van der Waals surface area contributed by atoms with Crippen LogP contribution in [0.1, 0.15) is 27.7 Å². The van der Waals surface area contributed by atoms with Crippen LogP contribution in [-0.4, -0.2) is 25.4 Å². The molecule has 0 amide bonds. The second-order valence-corrected chi connectivity index (χ2v) is 3.60. The Labute approximate surface area is 75.6 Å². The van der Waals surface area contributed by atoms with Crippen LogP contribution in [0.3, 0.4) is 0 Å². The van der Waals surface area contributed by atoms with Crippen molar-refractivity contribution in [2.75, 3.05) is 19.8 Å². The van der Waals surface area contributed by atoms with Crippen molar-refractivity contribution in [3.8, 4) is 0 Å². The van der Waals surface area contributed by atoms with E-state index in [0.29, 0.717) is 19.8 Å². The van der Waals surface area contributed by atoms with E-state index in [9.17, 15) is 0 Å². The Morgan fingerprint density at radius 3 is 2.33 bits per heavy atom. The van der Waals surface area contributed by atoms with Gasteiger partial charge in [-0.05, 0) is 27.7 Å². The summed E-state index contributed by atoms with van der Waals surface area (Å²) < 4.78 is 10.7. The van der Waals surface area contributed by atoms with E-state index in [1.807, 2.05) is 39.8 Å². The van der Waals surface area contributed by atoms with Crippen LogP contribution in [0.2, 0.25) is 0 Å². The minimum atomic E-state index is -0.0516. The molecule has 0 radical (unpaired) electrons. The smallest absolute Gasteiger partial charge is 0.0707 e. The van der Waals surface area contributed by atoms with Crippen molar-refractivity contribution in [3.63, 3.8) is 0 Å². The number of hydrogen-bond donors (Lipinski definition) is 0. The molecule has 2 heteroatoms. The van der Waals surface area contributed by atoms with Crippen molar-refractivity contribution in [3.05, 3.63) is 12.2 Å². The molecule has 0 unspecified atom stereocenters. The quantitative estimate of drug-likeness (QED) is 0.468. The Hall–Kier alpha value is -0.340. The van der Waals surface area contributed by atoms with Crippen LogP contribution in [0.5, 0.6) is 0 Å². The van der Waals surface area contributed by atoms with Gasteiger partial charge in [-0.15, -0.1) is 0 Å². The van der Waals surface area contributed by atoms with Crippen molar-refractivity contribution in [2.24, 2.45) is 0 Å². The van der Waals surface area contributed by atoms with Gasteiger partial charge in [-0.2, -0.15) is 0 Å². The highest BCUT2D eigenvalue weighted by Crippen LogP contribution is 2.05. The first kappa shape index (κ1) is 11.7. The molecule has 0 saturated heterocycles. The van der Waals surface area contributed by atoms with Crippen molar-refractivity contribution < 1.29 is 9.47 Å². The topological polar surface area (TPSA) is 18.5 Å². The number of hydrogen-bond acceptors (Lipinski definition) is 2. The van der Waals surface area contributed by atoms with Gasteiger partial charge in [-0.3, -0.25) is 0 Å². The van der Waals surface area contributed by atoms with E-state index in [1.54, 1.807) is 0 Å². The fraction of sp³-hybridized carbons (Fsp3) is 0.800. The summed E-state index contributed by atoms with van der Waals surface area (Å²) in [5, 5.41) is 0. The molecule has 0 fully saturated rings. The second kappa shape index (κ2) is 6.21. The van der Waals surface area contributed by atoms with Gasteiger partial charge in [0.15, 0.2) is 0 Å². The predicted molar refractivity (Wildman–Crippen MR) is 51.3 cm³/mol. The average Bonchev–Trinajstić information content (AvgIpc) is 1.94. The molecule has 0 saturated carbocycles. The first-order valence-corrected chi connectivity index (χ1v) is 4.39. The van der Waals surface area contributed by atoms with Crippen molar-refractivity contribution in [2.45, 2.75) is 33.3 Å². The van der Waals surface area contributed by atoms with Gasteiger partial charge in [0.05, 0.1) is 25.4 Å². The molecular formula is C10H20O2. The third kappa shape index (κ3) is 9.66. The summed E-state index contributed by atoms with van der Waals surface area (Å²) in [5.41, 5.74) is -0.0516. The van der Waals surface area contributed by atoms with Gasteiger partial charge < -0.3 is 9.47 Å². The summed E-state index contributed by atoms with van der Waals surface area (Å²) in [6, 6.07) is 0. The van der Waals surface area contributed by atoms with Crippen LogP contribution >= 0.6 is 0 Å². The van der Waals surface area contributed by atoms with Gasteiger partial charge in [-0.25, -0.2) is 0 Å². The average molecular weight is 172 g/mol. The largest absolute Gasteiger partial charge is 0.375 e. The van der Waals surface area contributed by atoms with E-state index < -0.39 is 0 Å². The lowest BCUT2D eigenvalue weighted by molar-refractivity contribution is -0.0312. The Balaban J connectivity index is 3.11. The normalized spacial score (nSPS) is 12.7. The third-order valence-electron chi connectivity index (χ3n) is 1.21. The van der Waals surface area contributed by atoms with Crippen LogP contribution in [0.15, 0.2) is 12.2 Å². The molecule has 0 aliphatic carbocycles. The van der Waals surface area contributed by atoms with Gasteiger partial charge in [-0.1, -0.05) is 12.2 Å². The molecule has 0 spiro atoms. The maximum absolute atomic E-state index is 5.46. The van der Waals surface area contributed by atoms with Gasteiger partial charge in [0, 0.05) is 0 Å². The van der Waals surface area contributed by atoms with Crippen molar-refractivity contribution in [1.29, 1.82) is 0 Å². The molecule has 0 N–H and O–H groups in total. The van der Waals surface area contributed by atoms with E-state index in [4.69, 9.17) is 9.47 Å². The SMILES string of the molecule is C/C=C/COCCOC(C)(C)C. The molecule has 0 heterocycles. The fourth-order valence-corrected chi connectivity index (χ4v) is 0.654. The highest BCUT2D eigenvalue weighted by molar-refractivity contribution is 4.75. The van der Waals surface area contributed by atoms with Gasteiger partial charge in [0.1, 0.15) is 0 Å². The summed E-state index contributed by atoms with van der Waals surface area (Å²) in [4.78, 5) is 0. The van der Waals surface area contributed by atoms with E-state index in [1.165, 1.54) is 0 Å². The molecule has 0 atom stereocenters. The highest BCUT2D eigenvalue weighted by Gasteiger charge is 2.08. The Kier molecular flexibility index (Phi) is 6.03. The zero-order valence-corrected chi connectivity index (χ0v) is 8.59. The van der Waals surface area contributed by atoms with Crippen LogP contribution < -0.4 is 0 Å². The molecule has 0 aromatic rings. The first-order chi connectivity index (χ1) is 5.56. The van der Waals surface area contributed by atoms with E-state index in [-0.39, 0.29) is 5.60 Å². The Morgan fingerprint density at radius 1 is 1.17 bits per heavy atom. The number of rotatable bonds is 5. The van der Waals surface area contributed by atoms with E-state index in [0.717, 1.165) is 0 Å². The van der Waals surface area contributed by atoms with Crippen LogP contribution in [0.25, 0.3) is 0 Å². The van der Waals surface area contributed by atoms with E-state index >= 15 is 0 Å². The summed E-state index contributed by atoms with van der Waals surface area (Å²) in [6.45, 7) is 10.1. The zero-order chi connectivity index (χ0) is 9.45. The lowest BCUT2D eigenvalue weighted by Crippen LogP contribution is -2.21. The lowest BCUT2D eigenvalue weighted by Gasteiger charge is -2.19. The minimum Gasteiger partial charge on any atom is -0.375 e. The molecule has 0 bridgehead atoms. The summed E-state index contributed by atoms with van der Waals surface area (Å²) in [7, 11) is 0. The van der Waals surface area contributed by atoms with E-state index in [2.05, 4.69) is 0 Å². The van der Waals surface area contributed by atoms with Gasteiger partial charge in [0.25, 0.3) is 0 Å². The molecular weight excluding hydrogens is 152 g/mol. The van der Waals surface area contributed by atoms with Crippen LogP contribution in [0.4, 0.5) is 0 Å². The standard InChI is InChI=1S/C10H20O2/c1-5-6-7-11-8-9-12-10(2,3)4/h5-6H,7-9H2,1-4H3/b6-5+. The molecule has 0 aromatic heterocycles. The Morgan fingerprint density at radius 2 is 1.83 bits per heavy atom. The molecule has 12 heavy (non-hydrogen) atoms. The van der Waals surface area contributed by atoms with Crippen LogP contribution in [-0.2, 0) is 9.47 Å². The number of ether oxygens (including phenoxy) is 2. The molecule has 2 nitrogen and oxygen atoms in total.